The van der Waals surface area contributed by atoms with Gasteiger partial charge in [0.1, 0.15) is 0 Å². The fraction of sp³-hybridized carbons (Fsp3) is 0.500. The average molecular weight is 330 g/mol. The molecule has 1 amide bonds. The first kappa shape index (κ1) is 16.0. The van der Waals surface area contributed by atoms with Crippen LogP contribution in [0.1, 0.15) is 32.4 Å². The van der Waals surface area contributed by atoms with E-state index in [4.69, 9.17) is 4.74 Å². The predicted octanol–water partition coefficient (Wildman–Crippen LogP) is 3.35. The Morgan fingerprint density at radius 2 is 1.89 bits per heavy atom. The summed E-state index contributed by atoms with van der Waals surface area (Å²) >= 11 is 3.35. The summed E-state index contributed by atoms with van der Waals surface area (Å²) in [6.45, 7) is 5.90. The molecular formula is C14H20BrNO3. The molecule has 0 saturated carbocycles. The second-order valence-electron chi connectivity index (χ2n) is 5.32. The molecule has 106 valence electrons. The first-order valence-corrected chi connectivity index (χ1v) is 6.84. The zero-order valence-corrected chi connectivity index (χ0v) is 13.3. The van der Waals surface area contributed by atoms with E-state index in [2.05, 4.69) is 15.9 Å². The Labute approximate surface area is 122 Å². The summed E-state index contributed by atoms with van der Waals surface area (Å²) in [4.78, 5) is 13.3. The SMILES string of the molecule is COC(=O)N(CC(O)c1ccc(Br)cc1)C(C)(C)C. The lowest BCUT2D eigenvalue weighted by Crippen LogP contribution is -2.47. The van der Waals surface area contributed by atoms with Gasteiger partial charge in [-0.2, -0.15) is 0 Å². The number of hydrogen-bond donors (Lipinski definition) is 1. The highest BCUT2D eigenvalue weighted by atomic mass is 79.9. The molecule has 0 aliphatic rings. The molecule has 1 rings (SSSR count). The van der Waals surface area contributed by atoms with E-state index in [0.717, 1.165) is 10.0 Å². The van der Waals surface area contributed by atoms with Crippen LogP contribution in [0.4, 0.5) is 4.79 Å². The van der Waals surface area contributed by atoms with E-state index in [0.29, 0.717) is 0 Å². The van der Waals surface area contributed by atoms with Crippen molar-refractivity contribution in [1.29, 1.82) is 0 Å². The fourth-order valence-corrected chi connectivity index (χ4v) is 1.96. The van der Waals surface area contributed by atoms with Gasteiger partial charge < -0.3 is 14.7 Å². The van der Waals surface area contributed by atoms with E-state index in [9.17, 15) is 9.90 Å². The molecule has 0 saturated heterocycles. The summed E-state index contributed by atoms with van der Waals surface area (Å²) in [5.74, 6) is 0. The minimum absolute atomic E-state index is 0.192. The number of carbonyl (C=O) groups is 1. The molecule has 4 nitrogen and oxygen atoms in total. The van der Waals surface area contributed by atoms with Crippen molar-refractivity contribution >= 4 is 22.0 Å². The van der Waals surface area contributed by atoms with E-state index in [1.807, 2.05) is 45.0 Å². The lowest BCUT2D eigenvalue weighted by molar-refractivity contribution is 0.0461. The Morgan fingerprint density at radius 3 is 2.32 bits per heavy atom. The maximum atomic E-state index is 11.8. The van der Waals surface area contributed by atoms with Gasteiger partial charge in [-0.05, 0) is 38.5 Å². The molecule has 1 aromatic rings. The van der Waals surface area contributed by atoms with Crippen molar-refractivity contribution in [3.63, 3.8) is 0 Å². The minimum Gasteiger partial charge on any atom is -0.453 e. The molecule has 0 aliphatic carbocycles. The zero-order valence-electron chi connectivity index (χ0n) is 11.7. The van der Waals surface area contributed by atoms with Crippen LogP contribution in [-0.2, 0) is 4.74 Å². The second-order valence-corrected chi connectivity index (χ2v) is 6.23. The Morgan fingerprint density at radius 1 is 1.37 bits per heavy atom. The lowest BCUT2D eigenvalue weighted by Gasteiger charge is -2.35. The van der Waals surface area contributed by atoms with Crippen molar-refractivity contribution in [2.75, 3.05) is 13.7 Å². The summed E-state index contributed by atoms with van der Waals surface area (Å²) < 4.78 is 5.71. The molecule has 19 heavy (non-hydrogen) atoms. The van der Waals surface area contributed by atoms with Gasteiger partial charge >= 0.3 is 6.09 Å². The Hall–Kier alpha value is -1.07. The summed E-state index contributed by atoms with van der Waals surface area (Å²) in [6, 6.07) is 7.37. The van der Waals surface area contributed by atoms with E-state index in [1.54, 1.807) is 0 Å². The van der Waals surface area contributed by atoms with Crippen LogP contribution < -0.4 is 0 Å². The van der Waals surface area contributed by atoms with E-state index in [1.165, 1.54) is 12.0 Å². The van der Waals surface area contributed by atoms with Crippen molar-refractivity contribution in [1.82, 2.24) is 4.90 Å². The number of nitrogens with zero attached hydrogens (tertiary/aromatic N) is 1. The lowest BCUT2D eigenvalue weighted by atomic mass is 10.0. The molecule has 0 bridgehead atoms. The quantitative estimate of drug-likeness (QED) is 0.925. The normalized spacial score (nSPS) is 12.9. The molecular weight excluding hydrogens is 310 g/mol. The van der Waals surface area contributed by atoms with Gasteiger partial charge in [-0.25, -0.2) is 4.79 Å². The maximum Gasteiger partial charge on any atom is 0.410 e. The van der Waals surface area contributed by atoms with Crippen LogP contribution in [0.3, 0.4) is 0 Å². The van der Waals surface area contributed by atoms with Crippen LogP contribution in [0.15, 0.2) is 28.7 Å². The molecule has 0 aliphatic heterocycles. The van der Waals surface area contributed by atoms with Crippen molar-refractivity contribution in [3.8, 4) is 0 Å². The summed E-state index contributed by atoms with van der Waals surface area (Å²) in [7, 11) is 1.34. The number of carbonyl (C=O) groups excluding carboxylic acids is 1. The number of amides is 1. The van der Waals surface area contributed by atoms with Crippen LogP contribution in [-0.4, -0.2) is 35.3 Å². The number of aliphatic hydroxyl groups is 1. The molecule has 5 heteroatoms. The molecule has 0 heterocycles. The molecule has 1 N–H and O–H groups in total. The zero-order chi connectivity index (χ0) is 14.6. The van der Waals surface area contributed by atoms with Crippen molar-refractivity contribution in [3.05, 3.63) is 34.3 Å². The van der Waals surface area contributed by atoms with Crippen molar-refractivity contribution < 1.29 is 14.6 Å². The third-order valence-corrected chi connectivity index (χ3v) is 3.34. The van der Waals surface area contributed by atoms with E-state index >= 15 is 0 Å². The van der Waals surface area contributed by atoms with Gasteiger partial charge in [-0.3, -0.25) is 0 Å². The van der Waals surface area contributed by atoms with Crippen LogP contribution in [0.25, 0.3) is 0 Å². The first-order valence-electron chi connectivity index (χ1n) is 6.05. The fourth-order valence-electron chi connectivity index (χ4n) is 1.70. The summed E-state index contributed by atoms with van der Waals surface area (Å²) in [5, 5.41) is 10.2. The molecule has 1 unspecified atom stereocenters. The number of aliphatic hydroxyl groups excluding tert-OH is 1. The number of benzene rings is 1. The number of hydrogen-bond acceptors (Lipinski definition) is 3. The molecule has 1 atom stereocenters. The van der Waals surface area contributed by atoms with E-state index in [-0.39, 0.29) is 6.54 Å². The maximum absolute atomic E-state index is 11.8. The Bertz CT molecular complexity index is 425. The van der Waals surface area contributed by atoms with Crippen LogP contribution in [0.2, 0.25) is 0 Å². The number of methoxy groups -OCH3 is 1. The van der Waals surface area contributed by atoms with Gasteiger partial charge in [0.05, 0.1) is 19.8 Å². The molecule has 0 aromatic heterocycles. The smallest absolute Gasteiger partial charge is 0.410 e. The van der Waals surface area contributed by atoms with Crippen LogP contribution >= 0.6 is 15.9 Å². The van der Waals surface area contributed by atoms with Crippen molar-refractivity contribution in [2.24, 2.45) is 0 Å². The number of halogens is 1. The van der Waals surface area contributed by atoms with Crippen molar-refractivity contribution in [2.45, 2.75) is 32.4 Å². The predicted molar refractivity (Wildman–Crippen MR) is 78.0 cm³/mol. The molecule has 0 radical (unpaired) electrons. The van der Waals surface area contributed by atoms with Gasteiger partial charge in [-0.1, -0.05) is 28.1 Å². The second kappa shape index (κ2) is 6.39. The Kier molecular flexibility index (Phi) is 5.38. The standard InChI is InChI=1S/C14H20BrNO3/c1-14(2,3)16(13(18)19-4)9-12(17)10-5-7-11(15)8-6-10/h5-8,12,17H,9H2,1-4H3. The van der Waals surface area contributed by atoms with Gasteiger partial charge in [-0.15, -0.1) is 0 Å². The number of β-amino-alcohol motifs (C(OH)–C–C–N with tert-alkyl or cyclic N) is 1. The van der Waals surface area contributed by atoms with Gasteiger partial charge in [0.25, 0.3) is 0 Å². The molecule has 1 aromatic carbocycles. The average Bonchev–Trinajstić information content (AvgIpc) is 2.34. The highest BCUT2D eigenvalue weighted by Gasteiger charge is 2.29. The topological polar surface area (TPSA) is 49.8 Å². The highest BCUT2D eigenvalue weighted by molar-refractivity contribution is 9.10. The minimum atomic E-state index is -0.744. The van der Waals surface area contributed by atoms with Gasteiger partial charge in [0.2, 0.25) is 0 Å². The molecule has 0 spiro atoms. The monoisotopic (exact) mass is 329 g/mol. The van der Waals surface area contributed by atoms with Gasteiger partial charge in [0.15, 0.2) is 0 Å². The summed E-state index contributed by atoms with van der Waals surface area (Å²) in [5.41, 5.74) is 0.352. The number of ether oxygens (including phenoxy) is 1. The first-order chi connectivity index (χ1) is 8.75. The van der Waals surface area contributed by atoms with E-state index < -0.39 is 17.7 Å². The Balaban J connectivity index is 2.85. The highest BCUT2D eigenvalue weighted by Crippen LogP contribution is 2.22. The van der Waals surface area contributed by atoms with Crippen LogP contribution in [0, 0.1) is 0 Å². The van der Waals surface area contributed by atoms with Crippen LogP contribution in [0.5, 0.6) is 0 Å². The largest absolute Gasteiger partial charge is 0.453 e. The molecule has 0 fully saturated rings. The number of rotatable bonds is 3. The summed E-state index contributed by atoms with van der Waals surface area (Å²) in [6.07, 6.45) is -1.19. The third kappa shape index (κ3) is 4.51. The third-order valence-electron chi connectivity index (χ3n) is 2.82. The van der Waals surface area contributed by atoms with Gasteiger partial charge in [0, 0.05) is 10.0 Å².